The second-order valence-electron chi connectivity index (χ2n) is 2.50. The fraction of sp³-hybridized carbons (Fsp3) is 0.167. The minimum absolute atomic E-state index is 0.000000000000000222. The monoisotopic (exact) mass is 185 g/mol. The first-order valence-corrected chi connectivity index (χ1v) is 3.41. The summed E-state index contributed by atoms with van der Waals surface area (Å²) in [5, 5.41) is 16.2. The third-order valence-corrected chi connectivity index (χ3v) is 1.54. The molecular formula is C6H11N5O2. The van der Waals surface area contributed by atoms with Gasteiger partial charge in [-0.3, -0.25) is 5.41 Å². The highest BCUT2D eigenvalue weighted by atomic mass is 16.5. The van der Waals surface area contributed by atoms with Crippen LogP contribution >= 0.6 is 0 Å². The predicted octanol–water partition coefficient (Wildman–Crippen LogP) is -1.23. The Morgan fingerprint density at radius 3 is 2.23 bits per heavy atom. The Kier molecular flexibility index (Phi) is 2.13. The Bertz CT molecular complexity index is 343. The van der Waals surface area contributed by atoms with Crippen LogP contribution in [-0.2, 0) is 0 Å². The van der Waals surface area contributed by atoms with Crippen molar-refractivity contribution in [2.45, 2.75) is 6.17 Å². The van der Waals surface area contributed by atoms with E-state index in [4.69, 9.17) is 28.3 Å². The molecule has 0 aliphatic rings. The molecule has 0 amide bonds. The maximum atomic E-state index is 9.17. The van der Waals surface area contributed by atoms with Gasteiger partial charge in [0.15, 0.2) is 11.6 Å². The van der Waals surface area contributed by atoms with Crippen molar-refractivity contribution in [3.8, 4) is 5.95 Å². The van der Waals surface area contributed by atoms with Gasteiger partial charge in [-0.05, 0) is 0 Å². The van der Waals surface area contributed by atoms with Gasteiger partial charge in [-0.15, -0.1) is 0 Å². The summed E-state index contributed by atoms with van der Waals surface area (Å²) in [7, 11) is 0. The fourth-order valence-corrected chi connectivity index (χ4v) is 0.966. The molecule has 1 rings (SSSR count). The lowest BCUT2D eigenvalue weighted by atomic mass is 10.2. The number of nitrogens with two attached hydrogens (primary N) is 4. The van der Waals surface area contributed by atoms with E-state index in [-0.39, 0.29) is 22.8 Å². The van der Waals surface area contributed by atoms with Crippen LogP contribution < -0.4 is 22.9 Å². The average Bonchev–Trinajstić information content (AvgIpc) is 2.26. The molecule has 0 saturated heterocycles. The number of rotatable bonds is 2. The number of furan rings is 1. The number of nitrogen functional groups attached to an aromatic ring is 2. The molecule has 1 aromatic heterocycles. The predicted molar refractivity (Wildman–Crippen MR) is 46.9 cm³/mol. The summed E-state index contributed by atoms with van der Waals surface area (Å²) < 4.78 is 4.69. The Balaban J connectivity index is 3.30. The topological polar surface area (TPSA) is 161 Å². The highest BCUT2D eigenvalue weighted by Crippen LogP contribution is 2.32. The number of hydrogen-bond donors (Lipinski definition) is 6. The molecule has 7 nitrogen and oxygen atoms in total. The SMILES string of the molecule is N=C(N)c1oc(O)c(C(N)N)c1N. The Morgan fingerprint density at radius 2 is 2.00 bits per heavy atom. The van der Waals surface area contributed by atoms with E-state index in [0.29, 0.717) is 0 Å². The zero-order valence-corrected chi connectivity index (χ0v) is 6.74. The van der Waals surface area contributed by atoms with E-state index >= 15 is 0 Å². The van der Waals surface area contributed by atoms with Crippen LogP contribution in [0.3, 0.4) is 0 Å². The normalized spacial score (nSPS) is 10.7. The van der Waals surface area contributed by atoms with Gasteiger partial charge in [0.25, 0.3) is 5.95 Å². The lowest BCUT2D eigenvalue weighted by Gasteiger charge is -2.02. The maximum absolute atomic E-state index is 9.17. The first-order valence-electron chi connectivity index (χ1n) is 3.41. The van der Waals surface area contributed by atoms with Gasteiger partial charge in [-0.25, -0.2) is 0 Å². The van der Waals surface area contributed by atoms with Gasteiger partial charge in [0.05, 0.1) is 17.4 Å². The molecular weight excluding hydrogens is 174 g/mol. The van der Waals surface area contributed by atoms with E-state index in [9.17, 15) is 5.11 Å². The first kappa shape index (κ1) is 9.36. The van der Waals surface area contributed by atoms with Crippen molar-refractivity contribution in [1.82, 2.24) is 0 Å². The molecule has 1 aromatic rings. The molecule has 72 valence electrons. The van der Waals surface area contributed by atoms with Gasteiger partial charge in [0.2, 0.25) is 0 Å². The van der Waals surface area contributed by atoms with E-state index in [2.05, 4.69) is 4.42 Å². The minimum Gasteiger partial charge on any atom is -0.480 e. The third-order valence-electron chi connectivity index (χ3n) is 1.54. The van der Waals surface area contributed by atoms with Gasteiger partial charge >= 0.3 is 0 Å². The van der Waals surface area contributed by atoms with Crippen molar-refractivity contribution in [2.24, 2.45) is 17.2 Å². The van der Waals surface area contributed by atoms with E-state index in [1.165, 1.54) is 0 Å². The molecule has 0 spiro atoms. The zero-order valence-electron chi connectivity index (χ0n) is 6.74. The van der Waals surface area contributed by atoms with E-state index in [1.807, 2.05) is 0 Å². The number of hydrogen-bond acceptors (Lipinski definition) is 6. The van der Waals surface area contributed by atoms with Gasteiger partial charge in [0.1, 0.15) is 0 Å². The third kappa shape index (κ3) is 1.42. The summed E-state index contributed by atoms with van der Waals surface area (Å²) in [6.07, 6.45) is -0.961. The molecule has 0 aliphatic carbocycles. The molecule has 0 unspecified atom stereocenters. The van der Waals surface area contributed by atoms with Crippen LogP contribution in [0.1, 0.15) is 17.5 Å². The van der Waals surface area contributed by atoms with Crippen molar-refractivity contribution in [3.63, 3.8) is 0 Å². The molecule has 7 heteroatoms. The van der Waals surface area contributed by atoms with Crippen LogP contribution in [0.2, 0.25) is 0 Å². The highest BCUT2D eigenvalue weighted by molar-refractivity contribution is 5.98. The second-order valence-corrected chi connectivity index (χ2v) is 2.50. The summed E-state index contributed by atoms with van der Waals surface area (Å²) in [4.78, 5) is 0. The largest absolute Gasteiger partial charge is 0.480 e. The lowest BCUT2D eigenvalue weighted by Crippen LogP contribution is -2.21. The minimum atomic E-state index is -0.961. The van der Waals surface area contributed by atoms with Gasteiger partial charge in [-0.2, -0.15) is 0 Å². The van der Waals surface area contributed by atoms with E-state index < -0.39 is 12.1 Å². The van der Waals surface area contributed by atoms with Crippen LogP contribution in [0.25, 0.3) is 0 Å². The molecule has 0 bridgehead atoms. The fourth-order valence-electron chi connectivity index (χ4n) is 0.966. The summed E-state index contributed by atoms with van der Waals surface area (Å²) in [5.74, 6) is -1.01. The van der Waals surface area contributed by atoms with Crippen molar-refractivity contribution in [1.29, 1.82) is 5.41 Å². The van der Waals surface area contributed by atoms with Gasteiger partial charge < -0.3 is 32.5 Å². The van der Waals surface area contributed by atoms with Crippen LogP contribution in [0.15, 0.2) is 4.42 Å². The second kappa shape index (κ2) is 2.96. The van der Waals surface area contributed by atoms with Gasteiger partial charge in [-0.1, -0.05) is 0 Å². The van der Waals surface area contributed by atoms with Crippen molar-refractivity contribution in [3.05, 3.63) is 11.3 Å². The number of nitrogens with one attached hydrogen (secondary N) is 1. The van der Waals surface area contributed by atoms with Crippen LogP contribution in [0.4, 0.5) is 5.69 Å². The van der Waals surface area contributed by atoms with Crippen LogP contribution in [0, 0.1) is 5.41 Å². The van der Waals surface area contributed by atoms with Gasteiger partial charge in [0, 0.05) is 0 Å². The maximum Gasteiger partial charge on any atom is 0.291 e. The van der Waals surface area contributed by atoms with E-state index in [0.717, 1.165) is 0 Å². The Hall–Kier alpha value is -1.73. The molecule has 1 heterocycles. The zero-order chi connectivity index (χ0) is 10.2. The summed E-state index contributed by atoms with van der Waals surface area (Å²) in [6, 6.07) is 0. The van der Waals surface area contributed by atoms with Crippen LogP contribution in [-0.4, -0.2) is 10.9 Å². The standard InChI is InChI=1S/C6H11N5O2/c7-2-1(4(8)9)6(12)13-3(2)5(10)11/h4,12H,7-9H2,(H3,10,11). The van der Waals surface area contributed by atoms with Crippen LogP contribution in [0.5, 0.6) is 5.95 Å². The van der Waals surface area contributed by atoms with Crippen molar-refractivity contribution in [2.75, 3.05) is 5.73 Å². The molecule has 13 heavy (non-hydrogen) atoms. The summed E-state index contributed by atoms with van der Waals surface area (Å²) in [5.41, 5.74) is 21.2. The smallest absolute Gasteiger partial charge is 0.291 e. The summed E-state index contributed by atoms with van der Waals surface area (Å²) >= 11 is 0. The molecule has 0 saturated carbocycles. The summed E-state index contributed by atoms with van der Waals surface area (Å²) in [6.45, 7) is 0. The van der Waals surface area contributed by atoms with Crippen molar-refractivity contribution >= 4 is 11.5 Å². The molecule has 0 aromatic carbocycles. The molecule has 10 N–H and O–H groups in total. The number of aromatic hydroxyl groups is 1. The molecule has 0 atom stereocenters. The molecule has 0 radical (unpaired) electrons. The highest BCUT2D eigenvalue weighted by Gasteiger charge is 2.22. The van der Waals surface area contributed by atoms with Crippen molar-refractivity contribution < 1.29 is 9.52 Å². The molecule has 0 aliphatic heterocycles. The lowest BCUT2D eigenvalue weighted by molar-refractivity contribution is 0.323. The number of amidine groups is 1. The average molecular weight is 185 g/mol. The Morgan fingerprint density at radius 1 is 1.46 bits per heavy atom. The number of anilines is 1. The quantitative estimate of drug-likeness (QED) is 0.192. The Labute approximate surface area is 73.8 Å². The molecule has 0 fully saturated rings. The van der Waals surface area contributed by atoms with E-state index in [1.54, 1.807) is 0 Å². The first-order chi connectivity index (χ1) is 5.95.